The van der Waals surface area contributed by atoms with Crippen molar-refractivity contribution >= 4 is 11.6 Å². The highest BCUT2D eigenvalue weighted by atomic mass is 16.5. The van der Waals surface area contributed by atoms with Crippen LogP contribution in [0.5, 0.6) is 0 Å². The fourth-order valence-corrected chi connectivity index (χ4v) is 3.73. The van der Waals surface area contributed by atoms with Crippen molar-refractivity contribution in [2.75, 3.05) is 19.1 Å². The highest BCUT2D eigenvalue weighted by Crippen LogP contribution is 2.26. The molecule has 4 heteroatoms. The number of hydrogen-bond acceptors (Lipinski definition) is 3. The zero-order valence-corrected chi connectivity index (χ0v) is 16.4. The molecule has 4 nitrogen and oxygen atoms in total. The molecule has 1 N–H and O–H groups in total. The van der Waals surface area contributed by atoms with Crippen LogP contribution in [0.15, 0.2) is 48.5 Å². The number of carbonyl (C=O) groups is 1. The number of rotatable bonds is 7. The van der Waals surface area contributed by atoms with Gasteiger partial charge in [-0.05, 0) is 48.2 Å². The molecule has 27 heavy (non-hydrogen) atoms. The van der Waals surface area contributed by atoms with E-state index in [2.05, 4.69) is 41.5 Å². The summed E-state index contributed by atoms with van der Waals surface area (Å²) >= 11 is 0. The highest BCUT2D eigenvalue weighted by molar-refractivity contribution is 5.94. The van der Waals surface area contributed by atoms with Gasteiger partial charge in [-0.3, -0.25) is 4.79 Å². The van der Waals surface area contributed by atoms with Crippen LogP contribution in [0.4, 0.5) is 5.69 Å². The molecule has 2 aromatic carbocycles. The quantitative estimate of drug-likeness (QED) is 0.783. The van der Waals surface area contributed by atoms with Gasteiger partial charge in [0.25, 0.3) is 5.91 Å². The van der Waals surface area contributed by atoms with E-state index in [9.17, 15) is 4.79 Å². The number of methoxy groups -OCH3 is 1. The Morgan fingerprint density at radius 1 is 1.00 bits per heavy atom. The number of ether oxygens (including phenoxy) is 1. The normalized spacial score (nSPS) is 14.7. The molecule has 0 heterocycles. The van der Waals surface area contributed by atoms with E-state index >= 15 is 0 Å². The van der Waals surface area contributed by atoms with Crippen molar-refractivity contribution in [1.29, 1.82) is 0 Å². The van der Waals surface area contributed by atoms with E-state index in [0.717, 1.165) is 11.1 Å². The smallest absolute Gasteiger partial charge is 0.251 e. The van der Waals surface area contributed by atoms with Crippen LogP contribution in [0.3, 0.4) is 0 Å². The van der Waals surface area contributed by atoms with Gasteiger partial charge in [-0.1, -0.05) is 43.5 Å². The number of nitrogens with zero attached hydrogens (tertiary/aromatic N) is 1. The van der Waals surface area contributed by atoms with Crippen LogP contribution in [0.2, 0.25) is 0 Å². The maximum absolute atomic E-state index is 12.3. The minimum Gasteiger partial charge on any atom is -0.380 e. The van der Waals surface area contributed by atoms with Gasteiger partial charge in [0.15, 0.2) is 0 Å². The van der Waals surface area contributed by atoms with Crippen molar-refractivity contribution in [2.45, 2.75) is 51.3 Å². The predicted octanol–water partition coefficient (Wildman–Crippen LogP) is 4.53. The van der Waals surface area contributed by atoms with E-state index < -0.39 is 0 Å². The van der Waals surface area contributed by atoms with Gasteiger partial charge in [-0.15, -0.1) is 0 Å². The molecule has 1 amide bonds. The Labute approximate surface area is 162 Å². The number of amides is 1. The van der Waals surface area contributed by atoms with Crippen molar-refractivity contribution in [3.63, 3.8) is 0 Å². The lowest BCUT2D eigenvalue weighted by molar-refractivity contribution is 0.0951. The first-order valence-electron chi connectivity index (χ1n) is 9.85. The van der Waals surface area contributed by atoms with Gasteiger partial charge in [0.1, 0.15) is 0 Å². The molecule has 0 aliphatic heterocycles. The lowest BCUT2D eigenvalue weighted by Crippen LogP contribution is -2.33. The SMILES string of the molecule is COCc1ccc(C(=O)NCc2ccc(N(C)C3CCCCC3)cc2)cc1. The number of anilines is 1. The number of benzene rings is 2. The second kappa shape index (κ2) is 9.56. The molecule has 0 spiro atoms. The first-order chi connectivity index (χ1) is 13.2. The summed E-state index contributed by atoms with van der Waals surface area (Å²) in [7, 11) is 3.86. The second-order valence-electron chi connectivity index (χ2n) is 7.38. The molecular formula is C23H30N2O2. The second-order valence-corrected chi connectivity index (χ2v) is 7.38. The van der Waals surface area contributed by atoms with E-state index in [1.165, 1.54) is 37.8 Å². The minimum absolute atomic E-state index is 0.0534. The lowest BCUT2D eigenvalue weighted by atomic mass is 9.94. The monoisotopic (exact) mass is 366 g/mol. The van der Waals surface area contributed by atoms with Gasteiger partial charge in [0.05, 0.1) is 6.61 Å². The fraction of sp³-hybridized carbons (Fsp3) is 0.435. The van der Waals surface area contributed by atoms with Crippen LogP contribution >= 0.6 is 0 Å². The first-order valence-corrected chi connectivity index (χ1v) is 9.85. The van der Waals surface area contributed by atoms with E-state index in [-0.39, 0.29) is 5.91 Å². The fourth-order valence-electron chi connectivity index (χ4n) is 3.73. The number of carbonyl (C=O) groups excluding carboxylic acids is 1. The minimum atomic E-state index is -0.0534. The lowest BCUT2D eigenvalue weighted by Gasteiger charge is -2.33. The molecule has 2 aromatic rings. The van der Waals surface area contributed by atoms with Crippen molar-refractivity contribution in [2.24, 2.45) is 0 Å². The molecular weight excluding hydrogens is 336 g/mol. The molecule has 144 valence electrons. The average Bonchev–Trinajstić information content (AvgIpc) is 2.73. The Kier molecular flexibility index (Phi) is 6.88. The molecule has 0 aromatic heterocycles. The van der Waals surface area contributed by atoms with Crippen LogP contribution in [0.25, 0.3) is 0 Å². The summed E-state index contributed by atoms with van der Waals surface area (Å²) in [4.78, 5) is 14.7. The molecule has 1 saturated carbocycles. The zero-order chi connectivity index (χ0) is 19.1. The summed E-state index contributed by atoms with van der Waals surface area (Å²) < 4.78 is 5.09. The van der Waals surface area contributed by atoms with Gasteiger partial charge < -0.3 is 15.0 Å². The Morgan fingerprint density at radius 3 is 2.26 bits per heavy atom. The molecule has 0 atom stereocenters. The van der Waals surface area contributed by atoms with Crippen molar-refractivity contribution < 1.29 is 9.53 Å². The van der Waals surface area contributed by atoms with Crippen molar-refractivity contribution in [3.8, 4) is 0 Å². The molecule has 0 bridgehead atoms. The highest BCUT2D eigenvalue weighted by Gasteiger charge is 2.18. The van der Waals surface area contributed by atoms with E-state index in [0.29, 0.717) is 24.8 Å². The van der Waals surface area contributed by atoms with E-state index in [4.69, 9.17) is 4.74 Å². The summed E-state index contributed by atoms with van der Waals surface area (Å²) in [6.07, 6.45) is 6.63. The number of hydrogen-bond donors (Lipinski definition) is 1. The standard InChI is InChI=1S/C23H30N2O2/c1-25(21-6-4-3-5-7-21)22-14-10-18(11-15-22)16-24-23(26)20-12-8-19(9-13-20)17-27-2/h8-15,21H,3-7,16-17H2,1-2H3,(H,24,26). The molecule has 0 unspecified atom stereocenters. The van der Waals surface area contributed by atoms with Crippen LogP contribution in [0, 0.1) is 0 Å². The summed E-state index contributed by atoms with van der Waals surface area (Å²) in [6, 6.07) is 16.7. The Hall–Kier alpha value is -2.33. The third-order valence-electron chi connectivity index (χ3n) is 5.45. The molecule has 1 fully saturated rings. The van der Waals surface area contributed by atoms with Gasteiger partial charge in [0.2, 0.25) is 0 Å². The third kappa shape index (κ3) is 5.33. The largest absolute Gasteiger partial charge is 0.380 e. The predicted molar refractivity (Wildman–Crippen MR) is 110 cm³/mol. The van der Waals surface area contributed by atoms with Crippen LogP contribution < -0.4 is 10.2 Å². The molecule has 1 aliphatic carbocycles. The van der Waals surface area contributed by atoms with Crippen molar-refractivity contribution in [1.82, 2.24) is 5.32 Å². The van der Waals surface area contributed by atoms with Gasteiger partial charge in [-0.25, -0.2) is 0 Å². The molecule has 0 saturated heterocycles. The molecule has 1 aliphatic rings. The summed E-state index contributed by atoms with van der Waals surface area (Å²) in [5, 5.41) is 2.99. The van der Waals surface area contributed by atoms with E-state index in [1.807, 2.05) is 24.3 Å². The summed E-state index contributed by atoms with van der Waals surface area (Å²) in [6.45, 7) is 1.09. The summed E-state index contributed by atoms with van der Waals surface area (Å²) in [5.74, 6) is -0.0534. The topological polar surface area (TPSA) is 41.6 Å². The van der Waals surface area contributed by atoms with Crippen molar-refractivity contribution in [3.05, 3.63) is 65.2 Å². The molecule has 0 radical (unpaired) electrons. The number of nitrogens with one attached hydrogen (secondary N) is 1. The third-order valence-corrected chi connectivity index (χ3v) is 5.45. The van der Waals surface area contributed by atoms with Crippen LogP contribution in [-0.2, 0) is 17.9 Å². The zero-order valence-electron chi connectivity index (χ0n) is 16.4. The Balaban J connectivity index is 1.52. The van der Waals surface area contributed by atoms with Gasteiger partial charge in [-0.2, -0.15) is 0 Å². The van der Waals surface area contributed by atoms with Crippen LogP contribution in [0.1, 0.15) is 53.6 Å². The van der Waals surface area contributed by atoms with E-state index in [1.54, 1.807) is 7.11 Å². The maximum Gasteiger partial charge on any atom is 0.251 e. The Morgan fingerprint density at radius 2 is 1.63 bits per heavy atom. The van der Waals surface area contributed by atoms with Gasteiger partial charge >= 0.3 is 0 Å². The summed E-state index contributed by atoms with van der Waals surface area (Å²) in [5.41, 5.74) is 4.10. The first kappa shape index (κ1) is 19.4. The van der Waals surface area contributed by atoms with Gasteiger partial charge in [0, 0.05) is 38.0 Å². The van der Waals surface area contributed by atoms with Crippen LogP contribution in [-0.4, -0.2) is 26.1 Å². The Bertz CT molecular complexity index is 719. The average molecular weight is 367 g/mol. The molecule has 3 rings (SSSR count). The maximum atomic E-state index is 12.3.